The molecule has 0 N–H and O–H groups in total. The molecule has 0 aliphatic rings. The van der Waals surface area contributed by atoms with Crippen molar-refractivity contribution in [3.05, 3.63) is 198 Å². The van der Waals surface area contributed by atoms with Crippen LogP contribution in [-0.4, -0.2) is 68.8 Å². The van der Waals surface area contributed by atoms with E-state index in [0.717, 1.165) is 66.1 Å². The number of fused-ring (bicyclic) bond motifs is 9. The van der Waals surface area contributed by atoms with E-state index >= 15 is 0 Å². The molecule has 9 aromatic heterocycles. The van der Waals surface area contributed by atoms with E-state index in [0.29, 0.717) is 68.0 Å². The summed E-state index contributed by atoms with van der Waals surface area (Å²) in [6.45, 7) is 5.75. The molecule has 15 heteroatoms. The van der Waals surface area contributed by atoms with Crippen molar-refractivity contribution < 1.29 is 27.6 Å². The lowest BCUT2D eigenvalue weighted by molar-refractivity contribution is 0.0992. The number of rotatable bonds is 9. The molecule has 0 saturated heterocycles. The molecule has 0 saturated carbocycles. The van der Waals surface area contributed by atoms with Crippen LogP contribution in [0.5, 0.6) is 0 Å². The smallest absolute Gasteiger partial charge is 0.258 e. The number of furan rings is 3. The molecule has 0 unspecified atom stereocenters. The Morgan fingerprint density at radius 1 is 0.359 bits per heavy atom. The first-order valence-electron chi connectivity index (χ1n) is 25.1. The maximum Gasteiger partial charge on any atom is 0.258 e. The molecule has 378 valence electrons. The summed E-state index contributed by atoms with van der Waals surface area (Å²) in [5.41, 5.74) is 12.1. The van der Waals surface area contributed by atoms with Crippen molar-refractivity contribution in [1.29, 1.82) is 0 Å². The monoisotopic (exact) mass is 1020 g/mol. The second kappa shape index (κ2) is 18.5. The van der Waals surface area contributed by atoms with Crippen LogP contribution in [-0.2, 0) is 0 Å². The molecule has 0 atom stereocenters. The van der Waals surface area contributed by atoms with Crippen molar-refractivity contribution in [3.63, 3.8) is 0 Å². The van der Waals surface area contributed by atoms with Gasteiger partial charge in [0.25, 0.3) is 17.7 Å². The number of para-hydroxylation sites is 3. The van der Waals surface area contributed by atoms with Gasteiger partial charge >= 0.3 is 0 Å². The van der Waals surface area contributed by atoms with E-state index in [1.54, 1.807) is 57.9 Å². The summed E-state index contributed by atoms with van der Waals surface area (Å²) in [7, 11) is 4.86. The average molecular weight is 1020 g/mol. The molecule has 0 spiro atoms. The zero-order chi connectivity index (χ0) is 53.5. The molecule has 3 amide bonds. The zero-order valence-electron chi connectivity index (χ0n) is 43.1. The van der Waals surface area contributed by atoms with Crippen molar-refractivity contribution in [2.24, 2.45) is 0 Å². The van der Waals surface area contributed by atoms with E-state index in [-0.39, 0.29) is 16.7 Å². The highest BCUT2D eigenvalue weighted by atomic mass is 16.3. The molecule has 0 bridgehead atoms. The highest BCUT2D eigenvalue weighted by molar-refractivity contribution is 6.15. The van der Waals surface area contributed by atoms with Crippen LogP contribution < -0.4 is 14.7 Å². The number of nitrogens with zero attached hydrogens (tertiary/aromatic N) is 9. The number of hydrogen-bond donors (Lipinski definition) is 0. The molecule has 78 heavy (non-hydrogen) atoms. The number of pyridine rings is 6. The third-order valence-electron chi connectivity index (χ3n) is 14.3. The fourth-order valence-electron chi connectivity index (χ4n) is 10.1. The molecule has 9 heterocycles. The quantitative estimate of drug-likeness (QED) is 0.134. The molecule has 13 rings (SSSR count). The average Bonchev–Trinajstić information content (AvgIpc) is 4.19. The number of carbonyl (C=O) groups is 3. The van der Waals surface area contributed by atoms with Gasteiger partial charge < -0.3 is 28.0 Å². The number of benzene rings is 4. The molecule has 0 radical (unpaired) electrons. The van der Waals surface area contributed by atoms with Crippen molar-refractivity contribution in [1.82, 2.24) is 29.9 Å². The Bertz CT molecular complexity index is 4120. The van der Waals surface area contributed by atoms with Gasteiger partial charge in [-0.25, -0.2) is 15.0 Å². The highest BCUT2D eigenvalue weighted by Gasteiger charge is 2.26. The summed E-state index contributed by atoms with van der Waals surface area (Å²) in [5.74, 6) is -1.44. The van der Waals surface area contributed by atoms with Gasteiger partial charge in [-0.15, -0.1) is 0 Å². The van der Waals surface area contributed by atoms with Crippen molar-refractivity contribution in [3.8, 4) is 33.8 Å². The van der Waals surface area contributed by atoms with Crippen LogP contribution in [0.2, 0.25) is 0 Å². The van der Waals surface area contributed by atoms with Crippen LogP contribution in [0.1, 0.15) is 48.2 Å². The molecule has 0 fully saturated rings. The van der Waals surface area contributed by atoms with Gasteiger partial charge in [-0.3, -0.25) is 29.3 Å². The van der Waals surface area contributed by atoms with E-state index in [1.165, 1.54) is 32.9 Å². The van der Waals surface area contributed by atoms with Gasteiger partial charge in [-0.2, -0.15) is 0 Å². The lowest BCUT2D eigenvalue weighted by Crippen LogP contribution is -2.31. The van der Waals surface area contributed by atoms with Crippen molar-refractivity contribution >= 4 is 101 Å². The Morgan fingerprint density at radius 2 is 0.654 bits per heavy atom. The summed E-state index contributed by atoms with van der Waals surface area (Å²) >= 11 is 0. The summed E-state index contributed by atoms with van der Waals surface area (Å²) in [6, 6.07) is 44.8. The normalized spacial score (nSPS) is 11.6. The molecule has 15 nitrogen and oxygen atoms in total. The van der Waals surface area contributed by atoms with E-state index in [1.807, 2.05) is 130 Å². The van der Waals surface area contributed by atoms with Gasteiger partial charge in [-0.05, 0) is 130 Å². The lowest BCUT2D eigenvalue weighted by Gasteiger charge is -2.22. The fourth-order valence-corrected chi connectivity index (χ4v) is 10.1. The van der Waals surface area contributed by atoms with Gasteiger partial charge in [0.2, 0.25) is 17.1 Å². The molecule has 0 aliphatic carbocycles. The van der Waals surface area contributed by atoms with E-state index in [4.69, 9.17) is 28.2 Å². The zero-order valence-corrected chi connectivity index (χ0v) is 43.1. The number of carbonyl (C=O) groups excluding carboxylic acids is 3. The van der Waals surface area contributed by atoms with Crippen LogP contribution in [0.15, 0.2) is 177 Å². The number of aromatic nitrogens is 6. The van der Waals surface area contributed by atoms with Crippen LogP contribution in [0.3, 0.4) is 0 Å². The predicted octanol–water partition coefficient (Wildman–Crippen LogP) is 13.5. The summed E-state index contributed by atoms with van der Waals surface area (Å²) in [4.78, 5) is 76.4. The van der Waals surface area contributed by atoms with Crippen LogP contribution in [0.25, 0.3) is 100.0 Å². The molecule has 4 aromatic carbocycles. The standard InChI is InChI=1S/C63H45N9O6/c1-34-16-22-46-43-10-7-13-49(55(43)76-58(46)67-34)52-25-19-40(31-64-52)70(4)61(73)37-28-38(62(74)71(5)41-20-26-53(65-32-41)50-14-8-11-44-47-23-17-35(2)68-59(47)77-56(44)50)30-39(29-37)63(75)72(6)42-21-27-54(66-33-42)51-15-9-12-45-48-24-18-36(3)69-60(48)78-57(45)51/h7-33H,1-6H3. The number of aryl methyl sites for hydroxylation is 3. The van der Waals surface area contributed by atoms with Crippen molar-refractivity contribution in [2.75, 3.05) is 35.8 Å². The van der Waals surface area contributed by atoms with Crippen LogP contribution in [0.4, 0.5) is 17.1 Å². The Labute approximate surface area is 445 Å². The summed E-state index contributed by atoms with van der Waals surface area (Å²) in [6.07, 6.45) is 4.81. The number of hydrogen-bond acceptors (Lipinski definition) is 12. The summed E-state index contributed by atoms with van der Waals surface area (Å²) < 4.78 is 18.7. The maximum absolute atomic E-state index is 14.7. The van der Waals surface area contributed by atoms with Crippen molar-refractivity contribution in [2.45, 2.75) is 20.8 Å². The first-order chi connectivity index (χ1) is 37.8. The van der Waals surface area contributed by atoms with Crippen LogP contribution in [0, 0.1) is 20.8 Å². The van der Waals surface area contributed by atoms with Crippen LogP contribution >= 0.6 is 0 Å². The third-order valence-corrected chi connectivity index (χ3v) is 14.3. The highest BCUT2D eigenvalue weighted by Crippen LogP contribution is 2.38. The Kier molecular flexibility index (Phi) is 11.2. The van der Waals surface area contributed by atoms with Gasteiger partial charge in [0, 0.05) is 104 Å². The Hall–Kier alpha value is -10.4. The minimum absolute atomic E-state index is 0.0987. The van der Waals surface area contributed by atoms with Gasteiger partial charge in [0.05, 0.1) is 52.7 Å². The minimum atomic E-state index is -0.480. The Morgan fingerprint density at radius 3 is 0.923 bits per heavy atom. The SMILES string of the molecule is Cc1ccc2c(n1)oc1c(-c3ccc(N(C)C(=O)c4cc(C(=O)N(C)c5ccc(-c6cccc7c6oc6nc(C)ccc67)nc5)cc(C(=O)N(C)c5ccc(-c6cccc7c6oc6nc(C)ccc67)nc5)c4)cn3)cccc12. The largest absolute Gasteiger partial charge is 0.437 e. The van der Waals surface area contributed by atoms with Gasteiger partial charge in [-0.1, -0.05) is 36.4 Å². The van der Waals surface area contributed by atoms with E-state index in [9.17, 15) is 14.4 Å². The third kappa shape index (κ3) is 8.03. The predicted molar refractivity (Wildman–Crippen MR) is 303 cm³/mol. The second-order valence-electron chi connectivity index (χ2n) is 19.4. The minimum Gasteiger partial charge on any atom is -0.437 e. The van der Waals surface area contributed by atoms with Gasteiger partial charge in [0.1, 0.15) is 16.7 Å². The van der Waals surface area contributed by atoms with E-state index < -0.39 is 17.7 Å². The number of amides is 3. The first-order valence-corrected chi connectivity index (χ1v) is 25.1. The van der Waals surface area contributed by atoms with Gasteiger partial charge in [0.15, 0.2) is 0 Å². The lowest BCUT2D eigenvalue weighted by atomic mass is 10.0. The molecular formula is C63H45N9O6. The fraction of sp³-hybridized carbons (Fsp3) is 0.0952. The Balaban J connectivity index is 0.818. The first kappa shape index (κ1) is 47.3. The summed E-state index contributed by atoms with van der Waals surface area (Å²) in [5, 5.41) is 5.47. The second-order valence-corrected chi connectivity index (χ2v) is 19.4. The topological polar surface area (TPSA) is 178 Å². The molecule has 13 aromatic rings. The maximum atomic E-state index is 14.7. The molecular weight excluding hydrogens is 979 g/mol. The molecule has 0 aliphatic heterocycles. The number of anilines is 3. The van der Waals surface area contributed by atoms with E-state index in [2.05, 4.69) is 15.0 Å².